The van der Waals surface area contributed by atoms with Crippen molar-refractivity contribution >= 4 is 34.8 Å². The van der Waals surface area contributed by atoms with E-state index in [2.05, 4.69) is 10.2 Å². The molecular formula is C32H37N5O5. The third-order valence-electron chi connectivity index (χ3n) is 7.52. The smallest absolute Gasteiger partial charge is 0.266 e. The number of fused-ring (bicyclic) bond motifs is 1. The van der Waals surface area contributed by atoms with Crippen LogP contribution in [0.4, 0.5) is 17.1 Å². The second-order valence-corrected chi connectivity index (χ2v) is 11.0. The standard InChI is InChI=1S/C32H37N5O5/c1-21(2)42-28-8-6-5-7-27(28)35-15-17-36(18-16-35)29(38)20-33-30(39)22-9-14-25-26(19-22)32(41)37(31(25)40)24-12-10-23(11-13-24)34(3)4/h5-14,19,21,29,38H,15-18,20H2,1-4H3,(H,33,39)/t29-/m1/s1. The van der Waals surface area contributed by atoms with E-state index in [4.69, 9.17) is 4.74 Å². The van der Waals surface area contributed by atoms with Crippen LogP contribution in [-0.4, -0.2) is 86.9 Å². The highest BCUT2D eigenvalue weighted by Gasteiger charge is 2.37. The molecule has 0 radical (unpaired) electrons. The number of piperazine rings is 1. The van der Waals surface area contributed by atoms with Crippen molar-refractivity contribution in [3.8, 4) is 5.75 Å². The molecule has 3 aromatic carbocycles. The molecule has 2 aliphatic heterocycles. The molecular weight excluding hydrogens is 534 g/mol. The van der Waals surface area contributed by atoms with Crippen LogP contribution in [0.2, 0.25) is 0 Å². The molecule has 2 heterocycles. The molecule has 1 fully saturated rings. The number of anilines is 3. The number of nitrogens with zero attached hydrogens (tertiary/aromatic N) is 4. The van der Waals surface area contributed by atoms with Crippen LogP contribution in [-0.2, 0) is 0 Å². The van der Waals surface area contributed by atoms with Crippen LogP contribution >= 0.6 is 0 Å². The van der Waals surface area contributed by atoms with E-state index in [1.807, 2.05) is 74.1 Å². The molecule has 10 nitrogen and oxygen atoms in total. The number of carbonyl (C=O) groups excluding carboxylic acids is 3. The highest BCUT2D eigenvalue weighted by atomic mass is 16.5. The Labute approximate surface area is 246 Å². The first-order valence-electron chi connectivity index (χ1n) is 14.1. The van der Waals surface area contributed by atoms with Crippen molar-refractivity contribution in [1.82, 2.24) is 10.2 Å². The Morgan fingerprint density at radius 3 is 2.26 bits per heavy atom. The van der Waals surface area contributed by atoms with Crippen LogP contribution in [0.25, 0.3) is 0 Å². The summed E-state index contributed by atoms with van der Waals surface area (Å²) in [5, 5.41) is 13.6. The molecule has 5 rings (SSSR count). The number of imide groups is 1. The maximum atomic E-state index is 13.2. The quantitative estimate of drug-likeness (QED) is 0.378. The molecule has 0 bridgehead atoms. The Bertz CT molecular complexity index is 1460. The predicted octanol–water partition coefficient (Wildman–Crippen LogP) is 3.21. The first kappa shape index (κ1) is 29.1. The summed E-state index contributed by atoms with van der Waals surface area (Å²) >= 11 is 0. The molecule has 0 saturated carbocycles. The van der Waals surface area contributed by atoms with Gasteiger partial charge in [0, 0.05) is 51.5 Å². The first-order valence-corrected chi connectivity index (χ1v) is 14.1. The number of hydrogen-bond donors (Lipinski definition) is 2. The number of rotatable bonds is 9. The lowest BCUT2D eigenvalue weighted by molar-refractivity contribution is 0.00185. The molecule has 0 aromatic heterocycles. The van der Waals surface area contributed by atoms with E-state index >= 15 is 0 Å². The highest BCUT2D eigenvalue weighted by Crippen LogP contribution is 2.31. The van der Waals surface area contributed by atoms with Gasteiger partial charge >= 0.3 is 0 Å². The van der Waals surface area contributed by atoms with E-state index in [9.17, 15) is 19.5 Å². The average Bonchev–Trinajstić information content (AvgIpc) is 3.24. The SMILES string of the molecule is CC(C)Oc1ccccc1N1CCN([C@H](O)CNC(=O)c2ccc3c(c2)C(=O)N(c2ccc(N(C)C)cc2)C3=O)CC1. The maximum absolute atomic E-state index is 13.2. The monoisotopic (exact) mass is 571 g/mol. The van der Waals surface area contributed by atoms with Crippen LogP contribution in [0.3, 0.4) is 0 Å². The highest BCUT2D eigenvalue weighted by molar-refractivity contribution is 6.34. The van der Waals surface area contributed by atoms with Gasteiger partial charge in [0.2, 0.25) is 0 Å². The maximum Gasteiger partial charge on any atom is 0.266 e. The molecule has 42 heavy (non-hydrogen) atoms. The number of aliphatic hydroxyl groups excluding tert-OH is 1. The molecule has 0 unspecified atom stereocenters. The van der Waals surface area contributed by atoms with Crippen molar-refractivity contribution in [2.45, 2.75) is 26.2 Å². The van der Waals surface area contributed by atoms with Crippen LogP contribution in [0.1, 0.15) is 44.9 Å². The summed E-state index contributed by atoms with van der Waals surface area (Å²) < 4.78 is 5.96. The van der Waals surface area contributed by atoms with E-state index in [0.717, 1.165) is 22.0 Å². The molecule has 1 atom stereocenters. The summed E-state index contributed by atoms with van der Waals surface area (Å²) in [6, 6.07) is 19.6. The fourth-order valence-electron chi connectivity index (χ4n) is 5.26. The van der Waals surface area contributed by atoms with E-state index in [1.165, 1.54) is 18.2 Å². The summed E-state index contributed by atoms with van der Waals surface area (Å²) in [6.45, 7) is 6.68. The summed E-state index contributed by atoms with van der Waals surface area (Å²) in [5.74, 6) is -0.481. The van der Waals surface area contributed by atoms with E-state index in [-0.39, 0.29) is 29.3 Å². The molecule has 10 heteroatoms. The molecule has 0 aliphatic carbocycles. The summed E-state index contributed by atoms with van der Waals surface area (Å²) in [6.07, 6.45) is -0.793. The number of carbonyl (C=O) groups is 3. The van der Waals surface area contributed by atoms with E-state index in [0.29, 0.717) is 31.9 Å². The topological polar surface area (TPSA) is 106 Å². The molecule has 1 saturated heterocycles. The lowest BCUT2D eigenvalue weighted by Gasteiger charge is -2.38. The zero-order chi connectivity index (χ0) is 30.0. The zero-order valence-corrected chi connectivity index (χ0v) is 24.4. The minimum atomic E-state index is -0.864. The Morgan fingerprint density at radius 2 is 1.60 bits per heavy atom. The van der Waals surface area contributed by atoms with Crippen molar-refractivity contribution < 1.29 is 24.2 Å². The molecule has 3 amide bonds. The van der Waals surface area contributed by atoms with Crippen molar-refractivity contribution in [3.63, 3.8) is 0 Å². The zero-order valence-electron chi connectivity index (χ0n) is 24.4. The van der Waals surface area contributed by atoms with Gasteiger partial charge < -0.3 is 25.0 Å². The fourth-order valence-corrected chi connectivity index (χ4v) is 5.26. The largest absolute Gasteiger partial charge is 0.489 e. The Morgan fingerprint density at radius 1 is 0.929 bits per heavy atom. The Hall–Kier alpha value is -4.41. The van der Waals surface area contributed by atoms with Gasteiger partial charge in [-0.1, -0.05) is 12.1 Å². The molecule has 2 aliphatic rings. The number of nitrogens with one attached hydrogen (secondary N) is 1. The minimum absolute atomic E-state index is 0.0280. The van der Waals surface area contributed by atoms with E-state index in [1.54, 1.807) is 12.1 Å². The summed E-state index contributed by atoms with van der Waals surface area (Å²) in [7, 11) is 3.82. The van der Waals surface area contributed by atoms with E-state index < -0.39 is 23.9 Å². The van der Waals surface area contributed by atoms with Gasteiger partial charge in [-0.05, 0) is 68.4 Å². The fraction of sp³-hybridized carbons (Fsp3) is 0.344. The van der Waals surface area contributed by atoms with Crippen LogP contribution in [0.5, 0.6) is 5.75 Å². The van der Waals surface area contributed by atoms with Crippen LogP contribution < -0.4 is 24.8 Å². The van der Waals surface area contributed by atoms with Gasteiger partial charge in [-0.2, -0.15) is 0 Å². The van der Waals surface area contributed by atoms with Gasteiger partial charge in [-0.15, -0.1) is 0 Å². The third-order valence-corrected chi connectivity index (χ3v) is 7.52. The molecule has 220 valence electrons. The first-order chi connectivity index (χ1) is 20.1. The van der Waals surface area contributed by atoms with Crippen LogP contribution in [0.15, 0.2) is 66.7 Å². The second kappa shape index (κ2) is 12.2. The number of hydrogen-bond acceptors (Lipinski definition) is 8. The summed E-state index contributed by atoms with van der Waals surface area (Å²) in [5.41, 5.74) is 3.13. The van der Waals surface area contributed by atoms with Crippen molar-refractivity contribution in [2.24, 2.45) is 0 Å². The Balaban J connectivity index is 1.17. The molecule has 3 aromatic rings. The third kappa shape index (κ3) is 5.95. The lowest BCUT2D eigenvalue weighted by atomic mass is 10.1. The van der Waals surface area contributed by atoms with Crippen molar-refractivity contribution in [2.75, 3.05) is 61.5 Å². The van der Waals surface area contributed by atoms with Crippen molar-refractivity contribution in [1.29, 1.82) is 0 Å². The van der Waals surface area contributed by atoms with Gasteiger partial charge in [-0.3, -0.25) is 19.3 Å². The van der Waals surface area contributed by atoms with Gasteiger partial charge in [0.05, 0.1) is 35.2 Å². The van der Waals surface area contributed by atoms with Gasteiger partial charge in [0.15, 0.2) is 0 Å². The van der Waals surface area contributed by atoms with Gasteiger partial charge in [0.1, 0.15) is 12.0 Å². The van der Waals surface area contributed by atoms with Crippen molar-refractivity contribution in [3.05, 3.63) is 83.4 Å². The predicted molar refractivity (Wildman–Crippen MR) is 163 cm³/mol. The number of benzene rings is 3. The van der Waals surface area contributed by atoms with Gasteiger partial charge in [0.25, 0.3) is 17.7 Å². The lowest BCUT2D eigenvalue weighted by Crippen LogP contribution is -2.53. The number of para-hydroxylation sites is 2. The average molecular weight is 572 g/mol. The second-order valence-electron chi connectivity index (χ2n) is 11.0. The normalized spacial score (nSPS) is 16.0. The van der Waals surface area contributed by atoms with Crippen LogP contribution in [0, 0.1) is 0 Å². The number of ether oxygens (including phenoxy) is 1. The number of amides is 3. The minimum Gasteiger partial charge on any atom is -0.489 e. The summed E-state index contributed by atoms with van der Waals surface area (Å²) in [4.78, 5) is 46.4. The Kier molecular flexibility index (Phi) is 8.46. The van der Waals surface area contributed by atoms with Gasteiger partial charge in [-0.25, -0.2) is 4.90 Å². The molecule has 0 spiro atoms. The number of aliphatic hydroxyl groups is 1. The molecule has 2 N–H and O–H groups in total.